The molecule has 2 saturated carbocycles. The van der Waals surface area contributed by atoms with Gasteiger partial charge in [0.1, 0.15) is 0 Å². The summed E-state index contributed by atoms with van der Waals surface area (Å²) in [5, 5.41) is 3.16. The number of nitrogens with one attached hydrogen (secondary N) is 1. The summed E-state index contributed by atoms with van der Waals surface area (Å²) >= 11 is 0. The molecule has 0 aromatic carbocycles. The zero-order valence-corrected chi connectivity index (χ0v) is 10.8. The number of amides is 1. The van der Waals surface area contributed by atoms with Crippen LogP contribution in [0.1, 0.15) is 43.0 Å². The van der Waals surface area contributed by atoms with E-state index in [1.807, 2.05) is 0 Å². The monoisotopic (exact) mass is 244 g/mol. The highest BCUT2D eigenvalue weighted by Gasteiger charge is 2.42. The number of pyridine rings is 1. The van der Waals surface area contributed by atoms with E-state index in [0.29, 0.717) is 17.5 Å². The van der Waals surface area contributed by atoms with Gasteiger partial charge in [0.2, 0.25) is 0 Å². The first-order valence-electron chi connectivity index (χ1n) is 6.95. The zero-order valence-electron chi connectivity index (χ0n) is 10.8. The van der Waals surface area contributed by atoms with Crippen LogP contribution in [0.15, 0.2) is 24.5 Å². The van der Waals surface area contributed by atoms with Gasteiger partial charge in [0.25, 0.3) is 5.91 Å². The van der Waals surface area contributed by atoms with Crippen molar-refractivity contribution < 1.29 is 4.79 Å². The molecule has 18 heavy (non-hydrogen) atoms. The maximum atomic E-state index is 12.1. The minimum Gasteiger partial charge on any atom is -0.349 e. The van der Waals surface area contributed by atoms with E-state index in [-0.39, 0.29) is 5.91 Å². The molecular formula is C15H20N2O. The molecule has 2 fully saturated rings. The Balaban J connectivity index is 1.61. The lowest BCUT2D eigenvalue weighted by Gasteiger charge is -2.28. The van der Waals surface area contributed by atoms with E-state index in [4.69, 9.17) is 0 Å². The molecule has 3 heteroatoms. The Kier molecular flexibility index (Phi) is 3.06. The highest BCUT2D eigenvalue weighted by atomic mass is 16.1. The van der Waals surface area contributed by atoms with E-state index in [1.54, 1.807) is 24.5 Å². The molecular weight excluding hydrogens is 224 g/mol. The lowest BCUT2D eigenvalue weighted by Crippen LogP contribution is -2.40. The Morgan fingerprint density at radius 3 is 2.72 bits per heavy atom. The van der Waals surface area contributed by atoms with Gasteiger partial charge in [-0.15, -0.1) is 0 Å². The lowest BCUT2D eigenvalue weighted by atomic mass is 9.84. The van der Waals surface area contributed by atoms with Crippen LogP contribution < -0.4 is 5.32 Å². The van der Waals surface area contributed by atoms with Crippen LogP contribution in [0.5, 0.6) is 0 Å². The summed E-state index contributed by atoms with van der Waals surface area (Å²) in [7, 11) is 0. The van der Waals surface area contributed by atoms with Gasteiger partial charge in [0.05, 0.1) is 0 Å². The first-order chi connectivity index (χ1) is 8.74. The Hall–Kier alpha value is -1.38. The van der Waals surface area contributed by atoms with E-state index >= 15 is 0 Å². The molecule has 1 N–H and O–H groups in total. The first kappa shape index (κ1) is 11.7. The van der Waals surface area contributed by atoms with Gasteiger partial charge < -0.3 is 5.32 Å². The fraction of sp³-hybridized carbons (Fsp3) is 0.600. The molecule has 1 aromatic rings. The standard InChI is InChI=1S/C15H20N2O/c1-10(14-9-11-2-3-13(14)8-11)17-15(18)12-4-6-16-7-5-12/h4-7,10-11,13-14H,2-3,8-9H2,1H3,(H,17,18)/t10-,11+,13+,14-/m0/s1. The molecule has 0 unspecified atom stereocenters. The Bertz CT molecular complexity index is 431. The molecule has 2 aliphatic carbocycles. The molecule has 1 heterocycles. The van der Waals surface area contributed by atoms with Crippen molar-refractivity contribution >= 4 is 5.91 Å². The summed E-state index contributed by atoms with van der Waals surface area (Å²) in [6, 6.07) is 3.83. The van der Waals surface area contributed by atoms with Gasteiger partial charge in [-0.2, -0.15) is 0 Å². The number of hydrogen-bond acceptors (Lipinski definition) is 2. The average Bonchev–Trinajstić information content (AvgIpc) is 3.02. The smallest absolute Gasteiger partial charge is 0.251 e. The van der Waals surface area contributed by atoms with Crippen LogP contribution in [0.25, 0.3) is 0 Å². The van der Waals surface area contributed by atoms with Crippen LogP contribution in [0.4, 0.5) is 0 Å². The largest absolute Gasteiger partial charge is 0.349 e. The van der Waals surface area contributed by atoms with Crippen molar-refractivity contribution in [3.63, 3.8) is 0 Å². The van der Waals surface area contributed by atoms with E-state index in [9.17, 15) is 4.79 Å². The van der Waals surface area contributed by atoms with Crippen LogP contribution in [-0.4, -0.2) is 16.9 Å². The Morgan fingerprint density at radius 1 is 1.33 bits per heavy atom. The minimum atomic E-state index is 0.0349. The molecule has 0 saturated heterocycles. The van der Waals surface area contributed by atoms with Crippen LogP contribution in [-0.2, 0) is 0 Å². The molecule has 0 spiro atoms. The van der Waals surface area contributed by atoms with Crippen molar-refractivity contribution in [2.75, 3.05) is 0 Å². The predicted octanol–water partition coefficient (Wildman–Crippen LogP) is 2.64. The molecule has 3 rings (SSSR count). The van der Waals surface area contributed by atoms with Crippen molar-refractivity contribution in [1.29, 1.82) is 0 Å². The molecule has 4 atom stereocenters. The van der Waals surface area contributed by atoms with Crippen molar-refractivity contribution in [2.24, 2.45) is 17.8 Å². The van der Waals surface area contributed by atoms with E-state index in [2.05, 4.69) is 17.2 Å². The third kappa shape index (κ3) is 2.14. The zero-order chi connectivity index (χ0) is 12.5. The van der Waals surface area contributed by atoms with Crippen molar-refractivity contribution in [3.8, 4) is 0 Å². The number of carbonyl (C=O) groups excluding carboxylic acids is 1. The normalized spacial score (nSPS) is 31.3. The highest BCUT2D eigenvalue weighted by Crippen LogP contribution is 2.49. The molecule has 2 aliphatic rings. The molecule has 96 valence electrons. The summed E-state index contributed by atoms with van der Waals surface area (Å²) in [5.41, 5.74) is 0.708. The van der Waals surface area contributed by atoms with Crippen LogP contribution in [0.3, 0.4) is 0 Å². The SMILES string of the molecule is C[C@H](NC(=O)c1ccncc1)[C@@H]1C[C@@H]2CC[C@@H]1C2. The molecule has 1 aromatic heterocycles. The van der Waals surface area contributed by atoms with Gasteiger partial charge in [-0.3, -0.25) is 9.78 Å². The second-order valence-corrected chi connectivity index (χ2v) is 5.84. The van der Waals surface area contributed by atoms with Gasteiger partial charge in [0, 0.05) is 24.0 Å². The highest BCUT2D eigenvalue weighted by molar-refractivity contribution is 5.94. The van der Waals surface area contributed by atoms with Crippen LogP contribution in [0.2, 0.25) is 0 Å². The maximum Gasteiger partial charge on any atom is 0.251 e. The second kappa shape index (κ2) is 4.71. The Morgan fingerprint density at radius 2 is 2.11 bits per heavy atom. The maximum absolute atomic E-state index is 12.1. The molecule has 2 bridgehead atoms. The number of carbonyl (C=O) groups is 1. The second-order valence-electron chi connectivity index (χ2n) is 5.84. The predicted molar refractivity (Wildman–Crippen MR) is 70.1 cm³/mol. The topological polar surface area (TPSA) is 42.0 Å². The van der Waals surface area contributed by atoms with Gasteiger partial charge in [0.15, 0.2) is 0 Å². The summed E-state index contributed by atoms with van der Waals surface area (Å²) < 4.78 is 0. The molecule has 0 aliphatic heterocycles. The number of nitrogens with zero attached hydrogens (tertiary/aromatic N) is 1. The third-order valence-corrected chi connectivity index (χ3v) is 4.74. The van der Waals surface area contributed by atoms with Gasteiger partial charge in [-0.25, -0.2) is 0 Å². The quantitative estimate of drug-likeness (QED) is 0.888. The minimum absolute atomic E-state index is 0.0349. The number of fused-ring (bicyclic) bond motifs is 2. The van der Waals surface area contributed by atoms with E-state index < -0.39 is 0 Å². The summed E-state index contributed by atoms with van der Waals surface area (Å²) in [6.07, 6.45) is 8.80. The fourth-order valence-electron chi connectivity index (χ4n) is 3.81. The van der Waals surface area contributed by atoms with Gasteiger partial charge >= 0.3 is 0 Å². The van der Waals surface area contributed by atoms with Crippen LogP contribution in [0, 0.1) is 17.8 Å². The summed E-state index contributed by atoms with van der Waals surface area (Å²) in [5.74, 6) is 2.50. The van der Waals surface area contributed by atoms with Gasteiger partial charge in [-0.1, -0.05) is 6.42 Å². The van der Waals surface area contributed by atoms with Crippen molar-refractivity contribution in [1.82, 2.24) is 10.3 Å². The average molecular weight is 244 g/mol. The van der Waals surface area contributed by atoms with Crippen molar-refractivity contribution in [3.05, 3.63) is 30.1 Å². The van der Waals surface area contributed by atoms with Crippen molar-refractivity contribution in [2.45, 2.75) is 38.6 Å². The van der Waals surface area contributed by atoms with Crippen LogP contribution >= 0.6 is 0 Å². The summed E-state index contributed by atoms with van der Waals surface area (Å²) in [6.45, 7) is 2.16. The lowest BCUT2D eigenvalue weighted by molar-refractivity contribution is 0.0915. The van der Waals surface area contributed by atoms with Gasteiger partial charge in [-0.05, 0) is 56.1 Å². The first-order valence-corrected chi connectivity index (χ1v) is 6.95. The molecule has 1 amide bonds. The summed E-state index contributed by atoms with van der Waals surface area (Å²) in [4.78, 5) is 16.0. The molecule has 3 nitrogen and oxygen atoms in total. The van der Waals surface area contributed by atoms with E-state index in [0.717, 1.165) is 11.8 Å². The third-order valence-electron chi connectivity index (χ3n) is 4.74. The number of aromatic nitrogens is 1. The number of hydrogen-bond donors (Lipinski definition) is 1. The Labute approximate surface area is 108 Å². The molecule has 0 radical (unpaired) electrons. The number of rotatable bonds is 3. The van der Waals surface area contributed by atoms with E-state index in [1.165, 1.54) is 25.7 Å². The fourth-order valence-corrected chi connectivity index (χ4v) is 3.81.